The molecular weight excluding hydrogens is 378 g/mol. The maximum absolute atomic E-state index is 13.1. The first kappa shape index (κ1) is 16.2. The number of alkyl halides is 1. The maximum Gasteiger partial charge on any atom is 0.197 e. The van der Waals surface area contributed by atoms with Gasteiger partial charge in [-0.05, 0) is 57.2 Å². The third-order valence-electron chi connectivity index (χ3n) is 4.50. The van der Waals surface area contributed by atoms with Crippen LogP contribution in [0.3, 0.4) is 0 Å². The second-order valence-corrected chi connectivity index (χ2v) is 7.92. The molecule has 0 saturated heterocycles. The van der Waals surface area contributed by atoms with Crippen LogP contribution in [0.25, 0.3) is 33.2 Å². The molecule has 126 valence electrons. The van der Waals surface area contributed by atoms with Crippen molar-refractivity contribution in [2.75, 3.05) is 0 Å². The van der Waals surface area contributed by atoms with Crippen molar-refractivity contribution in [3.05, 3.63) is 69.5 Å². The summed E-state index contributed by atoms with van der Waals surface area (Å²) in [5, 5.41) is 1.73. The third-order valence-corrected chi connectivity index (χ3v) is 4.95. The molecule has 0 radical (unpaired) electrons. The van der Waals surface area contributed by atoms with Crippen molar-refractivity contribution >= 4 is 37.8 Å². The molecule has 25 heavy (non-hydrogen) atoms. The van der Waals surface area contributed by atoms with Crippen molar-refractivity contribution in [1.82, 2.24) is 4.98 Å². The van der Waals surface area contributed by atoms with E-state index >= 15 is 0 Å². The van der Waals surface area contributed by atoms with Gasteiger partial charge in [0.1, 0.15) is 11.3 Å². The quantitative estimate of drug-likeness (QED) is 0.422. The van der Waals surface area contributed by atoms with Gasteiger partial charge in [-0.15, -0.1) is 0 Å². The first-order valence-corrected chi connectivity index (χ1v) is 9.17. The van der Waals surface area contributed by atoms with Gasteiger partial charge in [0, 0.05) is 27.0 Å². The Balaban J connectivity index is 2.06. The summed E-state index contributed by atoms with van der Waals surface area (Å²) >= 11 is 3.57. The number of hydrogen-bond acceptors (Lipinski definition) is 2. The predicted molar refractivity (Wildman–Crippen MR) is 107 cm³/mol. The molecule has 1 unspecified atom stereocenters. The molecule has 1 N–H and O–H groups in total. The second kappa shape index (κ2) is 5.88. The van der Waals surface area contributed by atoms with Crippen LogP contribution >= 0.6 is 15.9 Å². The zero-order valence-electron chi connectivity index (χ0n) is 14.3. The van der Waals surface area contributed by atoms with E-state index in [1.807, 2.05) is 51.1 Å². The van der Waals surface area contributed by atoms with Crippen molar-refractivity contribution in [3.63, 3.8) is 0 Å². The van der Waals surface area contributed by atoms with Gasteiger partial charge in [-0.25, -0.2) is 0 Å². The van der Waals surface area contributed by atoms with Crippen molar-refractivity contribution in [2.24, 2.45) is 0 Å². The number of aryl methyl sites for hydroxylation is 2. The van der Waals surface area contributed by atoms with Gasteiger partial charge >= 0.3 is 0 Å². The Labute approximate surface area is 153 Å². The van der Waals surface area contributed by atoms with Crippen LogP contribution in [0.1, 0.15) is 28.6 Å². The van der Waals surface area contributed by atoms with Gasteiger partial charge in [0.25, 0.3) is 0 Å². The number of aromatic amines is 1. The molecular formula is C21H18BrNO2. The lowest BCUT2D eigenvalue weighted by Crippen LogP contribution is -2.11. The Bertz CT molecular complexity index is 1170. The zero-order chi connectivity index (χ0) is 17.7. The number of aromatic nitrogens is 1. The van der Waals surface area contributed by atoms with E-state index in [1.165, 1.54) is 0 Å². The lowest BCUT2D eigenvalue weighted by molar-refractivity contribution is 0.610. The Morgan fingerprint density at radius 1 is 1.08 bits per heavy atom. The van der Waals surface area contributed by atoms with Crippen LogP contribution in [-0.2, 0) is 0 Å². The number of benzene rings is 2. The van der Waals surface area contributed by atoms with Crippen LogP contribution in [0.5, 0.6) is 0 Å². The van der Waals surface area contributed by atoms with Gasteiger partial charge in [0.05, 0.1) is 10.9 Å². The Hall–Kier alpha value is -2.33. The first-order valence-electron chi connectivity index (χ1n) is 8.25. The molecule has 0 aliphatic carbocycles. The van der Waals surface area contributed by atoms with Crippen molar-refractivity contribution in [2.45, 2.75) is 25.6 Å². The highest BCUT2D eigenvalue weighted by Crippen LogP contribution is 2.34. The molecule has 0 aliphatic heterocycles. The highest BCUT2D eigenvalue weighted by molar-refractivity contribution is 9.09. The summed E-state index contributed by atoms with van der Waals surface area (Å²) in [5.41, 5.74) is 5.44. The topological polar surface area (TPSA) is 46.0 Å². The minimum atomic E-state index is -0.104. The van der Waals surface area contributed by atoms with Crippen molar-refractivity contribution < 1.29 is 4.42 Å². The van der Waals surface area contributed by atoms with Gasteiger partial charge < -0.3 is 9.40 Å². The molecule has 0 aliphatic rings. The summed E-state index contributed by atoms with van der Waals surface area (Å²) in [6.45, 7) is 5.96. The number of halogens is 1. The molecule has 0 saturated carbocycles. The predicted octanol–water partition coefficient (Wildman–Crippen LogP) is 6.01. The summed E-state index contributed by atoms with van der Waals surface area (Å²) in [6.07, 6.45) is 0. The van der Waals surface area contributed by atoms with Crippen LogP contribution in [0.15, 0.2) is 51.7 Å². The summed E-state index contributed by atoms with van der Waals surface area (Å²) < 4.78 is 6.19. The molecule has 0 spiro atoms. The summed E-state index contributed by atoms with van der Waals surface area (Å²) in [7, 11) is 0. The van der Waals surface area contributed by atoms with E-state index in [4.69, 9.17) is 4.42 Å². The monoisotopic (exact) mass is 395 g/mol. The van der Waals surface area contributed by atoms with Crippen molar-refractivity contribution in [3.8, 4) is 11.3 Å². The number of rotatable bonds is 2. The molecule has 0 amide bonds. The summed E-state index contributed by atoms with van der Waals surface area (Å²) in [4.78, 5) is 16.3. The SMILES string of the molecule is Cc1ccc2oc(-c3ccc4[nH]c(C)cc4c3)c(C(C)Br)c(=O)c2c1. The van der Waals surface area contributed by atoms with E-state index in [9.17, 15) is 4.79 Å². The van der Waals surface area contributed by atoms with E-state index in [-0.39, 0.29) is 10.3 Å². The summed E-state index contributed by atoms with van der Waals surface area (Å²) in [6, 6.07) is 13.9. The Morgan fingerprint density at radius 2 is 1.88 bits per heavy atom. The van der Waals surface area contributed by atoms with Crippen LogP contribution in [0, 0.1) is 13.8 Å². The second-order valence-electron chi connectivity index (χ2n) is 6.54. The summed E-state index contributed by atoms with van der Waals surface area (Å²) in [5.74, 6) is 0.631. The first-order chi connectivity index (χ1) is 11.9. The third kappa shape index (κ3) is 2.71. The Kier molecular flexibility index (Phi) is 3.80. The van der Waals surface area contributed by atoms with Gasteiger partial charge in [-0.3, -0.25) is 4.79 Å². The maximum atomic E-state index is 13.1. The molecule has 2 aromatic carbocycles. The van der Waals surface area contributed by atoms with Gasteiger partial charge in [0.15, 0.2) is 5.43 Å². The average Bonchev–Trinajstić information content (AvgIpc) is 2.94. The van der Waals surface area contributed by atoms with Crippen LogP contribution in [0.2, 0.25) is 0 Å². The minimum absolute atomic E-state index is 0.0228. The fourth-order valence-corrected chi connectivity index (χ4v) is 3.73. The number of hydrogen-bond donors (Lipinski definition) is 1. The molecule has 3 nitrogen and oxygen atoms in total. The fraction of sp³-hybridized carbons (Fsp3) is 0.190. The number of H-pyrrole nitrogens is 1. The Morgan fingerprint density at radius 3 is 2.64 bits per heavy atom. The lowest BCUT2D eigenvalue weighted by atomic mass is 10.0. The standard InChI is InChI=1S/C21H18BrNO2/c1-11-4-7-18-16(8-11)20(24)19(13(3)22)21(25-18)14-5-6-17-15(10-14)9-12(2)23-17/h4-10,13,23H,1-3H3. The van der Waals surface area contributed by atoms with Crippen LogP contribution in [-0.4, -0.2) is 4.98 Å². The smallest absolute Gasteiger partial charge is 0.197 e. The van der Waals surface area contributed by atoms with E-state index in [0.29, 0.717) is 22.3 Å². The average molecular weight is 396 g/mol. The van der Waals surface area contributed by atoms with Gasteiger partial charge in [0.2, 0.25) is 0 Å². The molecule has 4 heteroatoms. The molecule has 0 bridgehead atoms. The van der Waals surface area contributed by atoms with Crippen LogP contribution < -0.4 is 5.43 Å². The number of fused-ring (bicyclic) bond motifs is 2. The van der Waals surface area contributed by atoms with E-state index < -0.39 is 0 Å². The van der Waals surface area contributed by atoms with E-state index in [2.05, 4.69) is 33.0 Å². The van der Waals surface area contributed by atoms with Gasteiger partial charge in [-0.2, -0.15) is 0 Å². The van der Waals surface area contributed by atoms with Gasteiger partial charge in [-0.1, -0.05) is 27.6 Å². The normalized spacial score (nSPS) is 12.8. The van der Waals surface area contributed by atoms with Crippen molar-refractivity contribution in [1.29, 1.82) is 0 Å². The zero-order valence-corrected chi connectivity index (χ0v) is 15.9. The minimum Gasteiger partial charge on any atom is -0.455 e. The molecule has 4 rings (SSSR count). The largest absolute Gasteiger partial charge is 0.455 e. The molecule has 4 aromatic rings. The van der Waals surface area contributed by atoms with E-state index in [1.54, 1.807) is 0 Å². The lowest BCUT2D eigenvalue weighted by Gasteiger charge is -2.12. The van der Waals surface area contributed by atoms with Crippen LogP contribution in [0.4, 0.5) is 0 Å². The highest BCUT2D eigenvalue weighted by atomic mass is 79.9. The fourth-order valence-electron chi connectivity index (χ4n) is 3.32. The van der Waals surface area contributed by atoms with E-state index in [0.717, 1.165) is 27.7 Å². The number of nitrogens with one attached hydrogen (secondary N) is 1. The molecule has 0 fully saturated rings. The molecule has 1 atom stereocenters. The molecule has 2 aromatic heterocycles. The highest BCUT2D eigenvalue weighted by Gasteiger charge is 2.20. The molecule has 2 heterocycles.